The Bertz CT molecular complexity index is 1390. The number of halogens is 2. The number of aryl methyl sites for hydroxylation is 2. The van der Waals surface area contributed by atoms with Crippen molar-refractivity contribution in [1.29, 1.82) is 0 Å². The Labute approximate surface area is 198 Å². The van der Waals surface area contributed by atoms with Crippen molar-refractivity contribution in [2.45, 2.75) is 27.0 Å². The van der Waals surface area contributed by atoms with Gasteiger partial charge < -0.3 is 19.8 Å². The van der Waals surface area contributed by atoms with Gasteiger partial charge in [0.15, 0.2) is 17.3 Å². The standard InChI is InChI=1S/C23H22F2N6O4/c1-4-31-21(23(33)28-17-10-26-30(3)13(17)2)18(11-27-31)29-22(32)20-8-6-15(35-20)12-34-19-7-5-14(24)9-16(19)25/h5-11H,4,12H2,1-3H3,(H,28,33)(H,29,32). The lowest BCUT2D eigenvalue weighted by Crippen LogP contribution is -2.21. The fraction of sp³-hybridized carbons (Fsp3) is 0.217. The lowest BCUT2D eigenvalue weighted by Gasteiger charge is -2.09. The van der Waals surface area contributed by atoms with Crippen molar-refractivity contribution >= 4 is 23.2 Å². The molecule has 2 amide bonds. The highest BCUT2D eigenvalue weighted by molar-refractivity contribution is 6.11. The summed E-state index contributed by atoms with van der Waals surface area (Å²) in [7, 11) is 1.76. The van der Waals surface area contributed by atoms with Crippen LogP contribution < -0.4 is 15.4 Å². The van der Waals surface area contributed by atoms with E-state index in [1.54, 1.807) is 11.7 Å². The first-order valence-electron chi connectivity index (χ1n) is 10.6. The number of hydrogen-bond acceptors (Lipinski definition) is 6. The summed E-state index contributed by atoms with van der Waals surface area (Å²) in [6, 6.07) is 5.84. The van der Waals surface area contributed by atoms with Crippen molar-refractivity contribution in [3.8, 4) is 5.75 Å². The summed E-state index contributed by atoms with van der Waals surface area (Å²) in [5.41, 5.74) is 1.65. The maximum atomic E-state index is 13.7. The first-order chi connectivity index (χ1) is 16.8. The van der Waals surface area contributed by atoms with Crippen LogP contribution in [0.4, 0.5) is 20.2 Å². The van der Waals surface area contributed by atoms with Gasteiger partial charge in [0.2, 0.25) is 0 Å². The van der Waals surface area contributed by atoms with Crippen molar-refractivity contribution in [2.75, 3.05) is 10.6 Å². The molecule has 0 fully saturated rings. The van der Waals surface area contributed by atoms with E-state index in [0.717, 1.165) is 17.8 Å². The zero-order valence-corrected chi connectivity index (χ0v) is 19.1. The van der Waals surface area contributed by atoms with Gasteiger partial charge in [0, 0.05) is 19.7 Å². The lowest BCUT2D eigenvalue weighted by molar-refractivity contribution is 0.0992. The first kappa shape index (κ1) is 23.7. The van der Waals surface area contributed by atoms with Crippen molar-refractivity contribution in [1.82, 2.24) is 19.6 Å². The van der Waals surface area contributed by atoms with Crippen LogP contribution in [-0.2, 0) is 20.2 Å². The second-order valence-electron chi connectivity index (χ2n) is 7.53. The van der Waals surface area contributed by atoms with E-state index in [-0.39, 0.29) is 35.3 Å². The number of furan rings is 1. The minimum absolute atomic E-state index is 0.0538. The Morgan fingerprint density at radius 1 is 1.06 bits per heavy atom. The minimum Gasteiger partial charge on any atom is -0.483 e. The van der Waals surface area contributed by atoms with Crippen molar-refractivity contribution in [3.63, 3.8) is 0 Å². The van der Waals surface area contributed by atoms with Crippen molar-refractivity contribution in [3.05, 3.63) is 77.3 Å². The molecule has 3 heterocycles. The molecule has 35 heavy (non-hydrogen) atoms. The largest absolute Gasteiger partial charge is 0.483 e. The van der Waals surface area contributed by atoms with Crippen LogP contribution in [0.5, 0.6) is 5.75 Å². The SMILES string of the molecule is CCn1ncc(NC(=O)c2ccc(COc3ccc(F)cc3F)o2)c1C(=O)Nc1cnn(C)c1C. The quantitative estimate of drug-likeness (QED) is 0.392. The van der Waals surface area contributed by atoms with Gasteiger partial charge in [-0.05, 0) is 38.1 Å². The number of anilines is 2. The first-order valence-corrected chi connectivity index (χ1v) is 10.6. The monoisotopic (exact) mass is 484 g/mol. The normalized spacial score (nSPS) is 10.9. The molecule has 1 aromatic carbocycles. The van der Waals surface area contributed by atoms with Gasteiger partial charge in [-0.1, -0.05) is 0 Å². The second-order valence-corrected chi connectivity index (χ2v) is 7.53. The van der Waals surface area contributed by atoms with Gasteiger partial charge in [-0.2, -0.15) is 10.2 Å². The molecule has 12 heteroatoms. The van der Waals surface area contributed by atoms with E-state index < -0.39 is 23.4 Å². The molecule has 0 saturated heterocycles. The Hall–Kier alpha value is -4.48. The van der Waals surface area contributed by atoms with Crippen molar-refractivity contribution in [2.24, 2.45) is 7.05 Å². The second kappa shape index (κ2) is 9.79. The van der Waals surface area contributed by atoms with E-state index >= 15 is 0 Å². The third kappa shape index (κ3) is 5.05. The van der Waals surface area contributed by atoms with Crippen LogP contribution in [0.3, 0.4) is 0 Å². The summed E-state index contributed by atoms with van der Waals surface area (Å²) in [6.07, 6.45) is 2.90. The van der Waals surface area contributed by atoms with Gasteiger partial charge in [0.05, 0.1) is 29.5 Å². The van der Waals surface area contributed by atoms with Crippen LogP contribution in [0.25, 0.3) is 0 Å². The maximum absolute atomic E-state index is 13.7. The van der Waals surface area contributed by atoms with Crippen LogP contribution in [-0.4, -0.2) is 31.4 Å². The topological polar surface area (TPSA) is 116 Å². The summed E-state index contributed by atoms with van der Waals surface area (Å²) >= 11 is 0. The third-order valence-electron chi connectivity index (χ3n) is 5.24. The number of benzene rings is 1. The van der Waals surface area contributed by atoms with Gasteiger partial charge in [-0.3, -0.25) is 19.0 Å². The molecule has 10 nitrogen and oxygen atoms in total. The third-order valence-corrected chi connectivity index (χ3v) is 5.24. The fourth-order valence-corrected chi connectivity index (χ4v) is 3.26. The van der Waals surface area contributed by atoms with E-state index in [4.69, 9.17) is 9.15 Å². The molecule has 0 unspecified atom stereocenters. The highest BCUT2D eigenvalue weighted by Gasteiger charge is 2.22. The van der Waals surface area contributed by atoms with Gasteiger partial charge in [-0.25, -0.2) is 8.78 Å². The Morgan fingerprint density at radius 2 is 1.80 bits per heavy atom. The molecule has 0 bridgehead atoms. The molecule has 3 aromatic heterocycles. The summed E-state index contributed by atoms with van der Waals surface area (Å²) in [5, 5.41) is 13.7. The van der Waals surface area contributed by atoms with E-state index in [1.165, 1.54) is 29.2 Å². The highest BCUT2D eigenvalue weighted by Crippen LogP contribution is 2.22. The molecule has 0 radical (unpaired) electrons. The predicted octanol–water partition coefficient (Wildman–Crippen LogP) is 3.90. The molecule has 0 saturated carbocycles. The summed E-state index contributed by atoms with van der Waals surface area (Å²) in [6.45, 7) is 3.84. The van der Waals surface area contributed by atoms with E-state index in [0.29, 0.717) is 18.3 Å². The van der Waals surface area contributed by atoms with Crippen LogP contribution in [0.1, 0.15) is 39.4 Å². The molecule has 0 atom stereocenters. The molecule has 182 valence electrons. The smallest absolute Gasteiger partial charge is 0.291 e. The molecule has 0 spiro atoms. The number of rotatable bonds is 8. The predicted molar refractivity (Wildman–Crippen MR) is 121 cm³/mol. The molecule has 4 rings (SSSR count). The number of amides is 2. The Kier molecular flexibility index (Phi) is 6.62. The molecule has 4 aromatic rings. The fourth-order valence-electron chi connectivity index (χ4n) is 3.26. The Morgan fingerprint density at radius 3 is 2.49 bits per heavy atom. The van der Waals surface area contributed by atoms with Crippen LogP contribution in [0.15, 0.2) is 47.1 Å². The van der Waals surface area contributed by atoms with Gasteiger partial charge in [0.25, 0.3) is 11.8 Å². The minimum atomic E-state index is -0.852. The van der Waals surface area contributed by atoms with Crippen molar-refractivity contribution < 1.29 is 27.5 Å². The number of aromatic nitrogens is 4. The van der Waals surface area contributed by atoms with E-state index in [1.807, 2.05) is 13.8 Å². The lowest BCUT2D eigenvalue weighted by atomic mass is 10.3. The number of ether oxygens (including phenoxy) is 1. The maximum Gasteiger partial charge on any atom is 0.291 e. The number of carbonyl (C=O) groups excluding carboxylic acids is 2. The molecular formula is C23H22F2N6O4. The molecule has 0 aliphatic rings. The molecular weight excluding hydrogens is 462 g/mol. The van der Waals surface area contributed by atoms with Crippen LogP contribution >= 0.6 is 0 Å². The van der Waals surface area contributed by atoms with Gasteiger partial charge >= 0.3 is 0 Å². The van der Waals surface area contributed by atoms with Gasteiger partial charge in [-0.15, -0.1) is 0 Å². The zero-order valence-electron chi connectivity index (χ0n) is 19.1. The molecule has 0 aliphatic heterocycles. The average Bonchev–Trinajstić information content (AvgIpc) is 3.54. The van der Waals surface area contributed by atoms with E-state index in [9.17, 15) is 18.4 Å². The number of nitrogens with zero attached hydrogens (tertiary/aromatic N) is 4. The average molecular weight is 484 g/mol. The van der Waals surface area contributed by atoms with E-state index in [2.05, 4.69) is 20.8 Å². The van der Waals surface area contributed by atoms with Crippen LogP contribution in [0.2, 0.25) is 0 Å². The Balaban J connectivity index is 1.45. The number of nitrogens with one attached hydrogen (secondary N) is 2. The highest BCUT2D eigenvalue weighted by atomic mass is 19.1. The number of carbonyl (C=O) groups is 2. The van der Waals surface area contributed by atoms with Crippen LogP contribution in [0, 0.1) is 18.6 Å². The summed E-state index contributed by atoms with van der Waals surface area (Å²) in [5.74, 6) is -2.62. The van der Waals surface area contributed by atoms with Gasteiger partial charge in [0.1, 0.15) is 23.9 Å². The zero-order chi connectivity index (χ0) is 25.1. The molecule has 2 N–H and O–H groups in total. The summed E-state index contributed by atoms with van der Waals surface area (Å²) in [4.78, 5) is 25.7. The summed E-state index contributed by atoms with van der Waals surface area (Å²) < 4.78 is 40.6. The molecule has 0 aliphatic carbocycles. The number of hydrogen-bond donors (Lipinski definition) is 2.